The maximum absolute atomic E-state index is 13.2. The van der Waals surface area contributed by atoms with E-state index >= 15 is 0 Å². The Hall–Kier alpha value is -2.02. The lowest BCUT2D eigenvalue weighted by Gasteiger charge is -2.30. The van der Waals surface area contributed by atoms with Gasteiger partial charge >= 0.3 is 0 Å². The molecule has 6 heteroatoms. The minimum absolute atomic E-state index is 0.113. The number of fused-ring (bicyclic) bond motifs is 3. The second-order valence-electron chi connectivity index (χ2n) is 7.12. The zero-order valence-corrected chi connectivity index (χ0v) is 15.1. The normalized spacial score (nSPS) is 25.9. The Kier molecular flexibility index (Phi) is 3.35. The zero-order chi connectivity index (χ0) is 17.1. The number of carbonyl (C=O) groups excluding carboxylic acids is 1. The minimum atomic E-state index is -0.113. The fraction of sp³-hybridized carbons (Fsp3) is 0.368. The molecule has 2 fully saturated rings. The fourth-order valence-electron chi connectivity index (χ4n) is 4.26. The predicted octanol–water partition coefficient (Wildman–Crippen LogP) is 2.83. The van der Waals surface area contributed by atoms with Crippen molar-refractivity contribution in [3.63, 3.8) is 0 Å². The number of aromatic nitrogens is 2. The summed E-state index contributed by atoms with van der Waals surface area (Å²) in [5.74, 6) is 0.118. The first-order chi connectivity index (χ1) is 12.1. The highest BCUT2D eigenvalue weighted by molar-refractivity contribution is 7.15. The number of aryl methyl sites for hydroxylation is 1. The molecule has 1 unspecified atom stereocenters. The highest BCUT2D eigenvalue weighted by atomic mass is 32.1. The van der Waals surface area contributed by atoms with E-state index in [1.165, 1.54) is 9.75 Å². The topological polar surface area (TPSA) is 61.0 Å². The second-order valence-corrected chi connectivity index (χ2v) is 8.41. The first kappa shape index (κ1) is 15.3. The lowest BCUT2D eigenvalue weighted by molar-refractivity contribution is 0.0811. The third-order valence-electron chi connectivity index (χ3n) is 5.63. The monoisotopic (exact) mass is 352 g/mol. The Morgan fingerprint density at radius 1 is 1.32 bits per heavy atom. The van der Waals surface area contributed by atoms with Crippen molar-refractivity contribution < 1.29 is 4.79 Å². The summed E-state index contributed by atoms with van der Waals surface area (Å²) in [6.07, 6.45) is 1.05. The Balaban J connectivity index is 1.56. The molecular formula is C19H20N4OS. The Morgan fingerprint density at radius 3 is 2.92 bits per heavy atom. The van der Waals surface area contributed by atoms with Crippen LogP contribution in [0, 0.1) is 6.92 Å². The number of ketones is 1. The van der Waals surface area contributed by atoms with E-state index in [1.54, 1.807) is 11.3 Å². The summed E-state index contributed by atoms with van der Waals surface area (Å²) in [6, 6.07) is 11.1. The van der Waals surface area contributed by atoms with E-state index < -0.39 is 0 Å². The van der Waals surface area contributed by atoms with Gasteiger partial charge in [-0.05, 0) is 50.2 Å². The highest BCUT2D eigenvalue weighted by Gasteiger charge is 2.48. The number of Topliss-reactive ketones (excluding diaryl/α,β-unsaturated/α-hetero) is 1. The van der Waals surface area contributed by atoms with Gasteiger partial charge in [-0.2, -0.15) is 5.10 Å². The number of benzene rings is 1. The Labute approximate surface area is 150 Å². The van der Waals surface area contributed by atoms with E-state index in [-0.39, 0.29) is 17.9 Å². The molecule has 2 aliphatic rings. The predicted molar refractivity (Wildman–Crippen MR) is 100 cm³/mol. The molecule has 0 aliphatic carbocycles. The number of nitrogens with one attached hydrogen (secondary N) is 2. The van der Waals surface area contributed by atoms with Crippen LogP contribution in [0.3, 0.4) is 0 Å². The van der Waals surface area contributed by atoms with Gasteiger partial charge in [0.15, 0.2) is 0 Å². The SMILES string of the molecule is Cc1ccc(-c2ccc3[nH]nc(C(=O)C4[C@@H]5C[C@H](CN5)N4C)c3c2)s1. The molecule has 2 saturated heterocycles. The van der Waals surface area contributed by atoms with E-state index in [2.05, 4.69) is 58.7 Å². The van der Waals surface area contributed by atoms with Crippen molar-refractivity contribution in [2.45, 2.75) is 31.5 Å². The van der Waals surface area contributed by atoms with Crippen molar-refractivity contribution >= 4 is 28.0 Å². The summed E-state index contributed by atoms with van der Waals surface area (Å²) >= 11 is 1.77. The standard InChI is InChI=1S/C19H20N4OS/c1-10-3-6-16(25-10)11-4-5-14-13(7-11)17(22-21-14)19(24)18-15-8-12(9-20-15)23(18)2/h3-7,12,15,18,20H,8-9H2,1-2H3,(H,21,22)/t12-,15+,18?/m1/s1. The van der Waals surface area contributed by atoms with E-state index in [4.69, 9.17) is 0 Å². The van der Waals surface area contributed by atoms with Gasteiger partial charge in [0.05, 0.1) is 11.6 Å². The van der Waals surface area contributed by atoms with Crippen LogP contribution in [0.4, 0.5) is 0 Å². The molecule has 25 heavy (non-hydrogen) atoms. The molecule has 2 bridgehead atoms. The quantitative estimate of drug-likeness (QED) is 0.712. The van der Waals surface area contributed by atoms with Crippen LogP contribution < -0.4 is 5.32 Å². The molecule has 1 aromatic carbocycles. The summed E-state index contributed by atoms with van der Waals surface area (Å²) in [4.78, 5) is 17.9. The van der Waals surface area contributed by atoms with Crippen molar-refractivity contribution in [3.05, 3.63) is 40.9 Å². The van der Waals surface area contributed by atoms with Gasteiger partial charge in [0.2, 0.25) is 5.78 Å². The summed E-state index contributed by atoms with van der Waals surface area (Å²) in [7, 11) is 2.06. The fourth-order valence-corrected chi connectivity index (χ4v) is 5.13. The van der Waals surface area contributed by atoms with Gasteiger partial charge in [-0.1, -0.05) is 6.07 Å². The van der Waals surface area contributed by atoms with Crippen LogP contribution in [0.15, 0.2) is 30.3 Å². The number of likely N-dealkylation sites (tertiary alicyclic amines) is 1. The summed E-state index contributed by atoms with van der Waals surface area (Å²) < 4.78 is 0. The molecular weight excluding hydrogens is 332 g/mol. The molecule has 4 heterocycles. The molecule has 3 atom stereocenters. The minimum Gasteiger partial charge on any atom is -0.310 e. The molecule has 2 aliphatic heterocycles. The molecule has 0 radical (unpaired) electrons. The molecule has 0 spiro atoms. The second kappa shape index (κ2) is 5.49. The maximum atomic E-state index is 13.2. The number of aromatic amines is 1. The average Bonchev–Trinajstić information content (AvgIpc) is 3.36. The molecule has 3 aromatic rings. The van der Waals surface area contributed by atoms with Crippen LogP contribution in [0.1, 0.15) is 21.8 Å². The third-order valence-corrected chi connectivity index (χ3v) is 6.68. The summed E-state index contributed by atoms with van der Waals surface area (Å²) in [6.45, 7) is 3.09. The summed E-state index contributed by atoms with van der Waals surface area (Å²) in [5, 5.41) is 11.8. The molecule has 2 N–H and O–H groups in total. The zero-order valence-electron chi connectivity index (χ0n) is 14.2. The Morgan fingerprint density at radius 2 is 2.20 bits per heavy atom. The first-order valence-electron chi connectivity index (χ1n) is 8.66. The third kappa shape index (κ3) is 2.28. The van der Waals surface area contributed by atoms with E-state index in [1.807, 2.05) is 6.07 Å². The van der Waals surface area contributed by atoms with Gasteiger partial charge in [0.25, 0.3) is 0 Å². The first-order valence-corrected chi connectivity index (χ1v) is 9.48. The van der Waals surface area contributed by atoms with Gasteiger partial charge in [0.1, 0.15) is 5.69 Å². The van der Waals surface area contributed by atoms with Crippen LogP contribution >= 0.6 is 11.3 Å². The average molecular weight is 352 g/mol. The molecule has 0 saturated carbocycles. The maximum Gasteiger partial charge on any atom is 0.202 e. The van der Waals surface area contributed by atoms with Crippen LogP contribution in [0.25, 0.3) is 21.3 Å². The van der Waals surface area contributed by atoms with Crippen LogP contribution in [-0.4, -0.2) is 52.6 Å². The van der Waals surface area contributed by atoms with Gasteiger partial charge in [-0.25, -0.2) is 0 Å². The molecule has 128 valence electrons. The number of likely N-dealkylation sites (N-methyl/N-ethyl adjacent to an activating group) is 1. The largest absolute Gasteiger partial charge is 0.310 e. The lowest BCUT2D eigenvalue weighted by Crippen LogP contribution is -2.53. The molecule has 5 rings (SSSR count). The highest BCUT2D eigenvalue weighted by Crippen LogP contribution is 2.33. The number of nitrogens with zero attached hydrogens (tertiary/aromatic N) is 2. The van der Waals surface area contributed by atoms with Gasteiger partial charge in [-0.15, -0.1) is 11.3 Å². The van der Waals surface area contributed by atoms with Gasteiger partial charge < -0.3 is 5.32 Å². The van der Waals surface area contributed by atoms with Gasteiger partial charge in [0, 0.05) is 33.8 Å². The van der Waals surface area contributed by atoms with Crippen molar-refractivity contribution in [3.8, 4) is 10.4 Å². The van der Waals surface area contributed by atoms with E-state index in [0.29, 0.717) is 11.7 Å². The number of carbonyl (C=O) groups is 1. The molecule has 0 amide bonds. The number of H-pyrrole nitrogens is 1. The van der Waals surface area contributed by atoms with Crippen molar-refractivity contribution in [2.75, 3.05) is 13.6 Å². The van der Waals surface area contributed by atoms with Gasteiger partial charge in [-0.3, -0.25) is 14.8 Å². The Bertz CT molecular complexity index is 973. The smallest absolute Gasteiger partial charge is 0.202 e. The van der Waals surface area contributed by atoms with E-state index in [0.717, 1.165) is 29.4 Å². The molecule has 2 aromatic heterocycles. The number of piperazine rings is 1. The van der Waals surface area contributed by atoms with Crippen molar-refractivity contribution in [1.82, 2.24) is 20.4 Å². The van der Waals surface area contributed by atoms with Crippen LogP contribution in [-0.2, 0) is 0 Å². The van der Waals surface area contributed by atoms with Crippen molar-refractivity contribution in [1.29, 1.82) is 0 Å². The van der Waals surface area contributed by atoms with Crippen molar-refractivity contribution in [2.24, 2.45) is 0 Å². The molecule has 5 nitrogen and oxygen atoms in total. The van der Waals surface area contributed by atoms with Crippen LogP contribution in [0.5, 0.6) is 0 Å². The number of rotatable bonds is 3. The van der Waals surface area contributed by atoms with E-state index in [9.17, 15) is 4.79 Å². The lowest BCUT2D eigenvalue weighted by atomic mass is 10.00. The number of hydrogen-bond acceptors (Lipinski definition) is 5. The van der Waals surface area contributed by atoms with Crippen LogP contribution in [0.2, 0.25) is 0 Å². The number of hydrogen-bond donors (Lipinski definition) is 2. The number of thiophene rings is 1. The summed E-state index contributed by atoms with van der Waals surface area (Å²) in [5.41, 5.74) is 2.62.